The highest BCUT2D eigenvalue weighted by molar-refractivity contribution is 6.04. The third kappa shape index (κ3) is 2.94. The molecule has 2 N–H and O–H groups in total. The molecule has 1 aromatic carbocycles. The zero-order valence-electron chi connectivity index (χ0n) is 12.8. The van der Waals surface area contributed by atoms with E-state index in [9.17, 15) is 9.59 Å². The normalized spacial score (nSPS) is 17.5. The van der Waals surface area contributed by atoms with Crippen molar-refractivity contribution in [2.75, 3.05) is 31.3 Å². The lowest BCUT2D eigenvalue weighted by Gasteiger charge is -2.36. The van der Waals surface area contributed by atoms with Gasteiger partial charge in [-0.3, -0.25) is 14.5 Å². The molecule has 1 heterocycles. The standard InChI is InChI=1S/C15H21N3O3/c1-9(2)14-15(20)18(8-13(19)17(3)4)11-6-5-10(16)7-12(11)21-14/h5-7,9,14H,8,16H2,1-4H3. The maximum absolute atomic E-state index is 12.6. The van der Waals surface area contributed by atoms with Gasteiger partial charge < -0.3 is 15.4 Å². The van der Waals surface area contributed by atoms with Gasteiger partial charge in [-0.05, 0) is 18.1 Å². The van der Waals surface area contributed by atoms with Crippen molar-refractivity contribution in [2.24, 2.45) is 5.92 Å². The molecule has 21 heavy (non-hydrogen) atoms. The van der Waals surface area contributed by atoms with Crippen LogP contribution in [0, 0.1) is 5.92 Å². The van der Waals surface area contributed by atoms with E-state index < -0.39 is 6.10 Å². The van der Waals surface area contributed by atoms with E-state index in [2.05, 4.69) is 0 Å². The van der Waals surface area contributed by atoms with Gasteiger partial charge in [-0.2, -0.15) is 0 Å². The number of anilines is 2. The highest BCUT2D eigenvalue weighted by Gasteiger charge is 2.37. The van der Waals surface area contributed by atoms with Crippen LogP contribution in [0.1, 0.15) is 13.8 Å². The lowest BCUT2D eigenvalue weighted by Crippen LogP contribution is -2.51. The molecule has 0 radical (unpaired) electrons. The van der Waals surface area contributed by atoms with E-state index in [0.717, 1.165) is 0 Å². The minimum Gasteiger partial charge on any atom is -0.478 e. The summed E-state index contributed by atoms with van der Waals surface area (Å²) in [6, 6.07) is 5.09. The fraction of sp³-hybridized carbons (Fsp3) is 0.467. The van der Waals surface area contributed by atoms with E-state index in [1.54, 1.807) is 32.3 Å². The fourth-order valence-corrected chi connectivity index (χ4v) is 2.17. The predicted molar refractivity (Wildman–Crippen MR) is 81.2 cm³/mol. The summed E-state index contributed by atoms with van der Waals surface area (Å²) in [7, 11) is 3.33. The summed E-state index contributed by atoms with van der Waals surface area (Å²) < 4.78 is 5.76. The molecule has 0 aliphatic carbocycles. The van der Waals surface area contributed by atoms with Crippen molar-refractivity contribution in [2.45, 2.75) is 20.0 Å². The number of hydrogen-bond acceptors (Lipinski definition) is 4. The summed E-state index contributed by atoms with van der Waals surface area (Å²) in [5.41, 5.74) is 6.92. The van der Waals surface area contributed by atoms with Gasteiger partial charge in [-0.25, -0.2) is 0 Å². The first kappa shape index (κ1) is 15.2. The Morgan fingerprint density at radius 2 is 2.10 bits per heavy atom. The number of ether oxygens (including phenoxy) is 1. The van der Waals surface area contributed by atoms with Gasteiger partial charge in [-0.1, -0.05) is 13.8 Å². The molecule has 1 aliphatic rings. The molecule has 2 amide bonds. The third-order valence-corrected chi connectivity index (χ3v) is 3.44. The van der Waals surface area contributed by atoms with Crippen molar-refractivity contribution >= 4 is 23.2 Å². The minimum absolute atomic E-state index is 0.00374. The number of hydrogen-bond donors (Lipinski definition) is 1. The second-order valence-corrected chi connectivity index (χ2v) is 5.72. The number of benzene rings is 1. The second kappa shape index (κ2) is 5.63. The summed E-state index contributed by atoms with van der Waals surface area (Å²) in [6.07, 6.45) is -0.603. The first-order valence-electron chi connectivity index (χ1n) is 6.89. The van der Waals surface area contributed by atoms with E-state index in [1.807, 2.05) is 13.8 Å². The first-order chi connectivity index (χ1) is 9.81. The molecule has 0 bridgehead atoms. The van der Waals surface area contributed by atoms with Crippen LogP contribution >= 0.6 is 0 Å². The molecule has 1 aromatic rings. The number of nitrogen functional groups attached to an aromatic ring is 1. The first-order valence-corrected chi connectivity index (χ1v) is 6.89. The largest absolute Gasteiger partial charge is 0.478 e. The number of rotatable bonds is 3. The zero-order chi connectivity index (χ0) is 15.7. The van der Waals surface area contributed by atoms with Crippen LogP contribution in [-0.4, -0.2) is 43.5 Å². The Labute approximate surface area is 124 Å². The SMILES string of the molecule is CC(C)C1Oc2cc(N)ccc2N(CC(=O)N(C)C)C1=O. The van der Waals surface area contributed by atoms with Gasteiger partial charge in [-0.15, -0.1) is 0 Å². The number of carbonyl (C=O) groups is 2. The van der Waals surface area contributed by atoms with Gasteiger partial charge in [0.1, 0.15) is 12.3 Å². The molecule has 2 rings (SSSR count). The lowest BCUT2D eigenvalue weighted by molar-refractivity contribution is -0.132. The Morgan fingerprint density at radius 3 is 2.67 bits per heavy atom. The minimum atomic E-state index is -0.603. The average molecular weight is 291 g/mol. The van der Waals surface area contributed by atoms with E-state index in [-0.39, 0.29) is 24.3 Å². The van der Waals surface area contributed by atoms with Crippen molar-refractivity contribution < 1.29 is 14.3 Å². The molecule has 1 atom stereocenters. The number of amides is 2. The van der Waals surface area contributed by atoms with Crippen LogP contribution in [0.25, 0.3) is 0 Å². The van der Waals surface area contributed by atoms with Gasteiger partial charge in [0.25, 0.3) is 5.91 Å². The van der Waals surface area contributed by atoms with Crippen molar-refractivity contribution in [3.63, 3.8) is 0 Å². The molecule has 0 spiro atoms. The number of likely N-dealkylation sites (N-methyl/N-ethyl adjacent to an activating group) is 1. The molecule has 0 aromatic heterocycles. The van der Waals surface area contributed by atoms with E-state index in [1.165, 1.54) is 9.80 Å². The zero-order valence-corrected chi connectivity index (χ0v) is 12.8. The van der Waals surface area contributed by atoms with E-state index in [4.69, 9.17) is 10.5 Å². The van der Waals surface area contributed by atoms with Crippen LogP contribution in [0.2, 0.25) is 0 Å². The van der Waals surface area contributed by atoms with Gasteiger partial charge in [0.05, 0.1) is 5.69 Å². The van der Waals surface area contributed by atoms with Gasteiger partial charge in [0, 0.05) is 25.8 Å². The third-order valence-electron chi connectivity index (χ3n) is 3.44. The Kier molecular flexibility index (Phi) is 4.06. The van der Waals surface area contributed by atoms with Crippen molar-refractivity contribution in [1.82, 2.24) is 4.90 Å². The summed E-state index contributed by atoms with van der Waals surface area (Å²) in [4.78, 5) is 27.5. The molecule has 6 heteroatoms. The molecule has 1 unspecified atom stereocenters. The van der Waals surface area contributed by atoms with E-state index in [0.29, 0.717) is 17.1 Å². The Morgan fingerprint density at radius 1 is 1.43 bits per heavy atom. The van der Waals surface area contributed by atoms with E-state index >= 15 is 0 Å². The molecule has 0 saturated carbocycles. The predicted octanol–water partition coefficient (Wildman–Crippen LogP) is 1.11. The second-order valence-electron chi connectivity index (χ2n) is 5.72. The Hall–Kier alpha value is -2.24. The monoisotopic (exact) mass is 291 g/mol. The Balaban J connectivity index is 2.41. The van der Waals surface area contributed by atoms with Gasteiger partial charge in [0.15, 0.2) is 6.10 Å². The van der Waals surface area contributed by atoms with Crippen molar-refractivity contribution in [3.05, 3.63) is 18.2 Å². The van der Waals surface area contributed by atoms with Crippen LogP contribution in [-0.2, 0) is 9.59 Å². The highest BCUT2D eigenvalue weighted by atomic mass is 16.5. The van der Waals surface area contributed by atoms with Crippen LogP contribution in [0.15, 0.2) is 18.2 Å². The smallest absolute Gasteiger partial charge is 0.268 e. The summed E-state index contributed by atoms with van der Waals surface area (Å²) in [5.74, 6) is 0.205. The molecular formula is C15H21N3O3. The lowest BCUT2D eigenvalue weighted by atomic mass is 10.0. The van der Waals surface area contributed by atoms with Gasteiger partial charge >= 0.3 is 0 Å². The quantitative estimate of drug-likeness (QED) is 0.846. The maximum Gasteiger partial charge on any atom is 0.268 e. The maximum atomic E-state index is 12.6. The van der Waals surface area contributed by atoms with Crippen LogP contribution < -0.4 is 15.4 Å². The van der Waals surface area contributed by atoms with Crippen LogP contribution in [0.4, 0.5) is 11.4 Å². The Bertz CT molecular complexity index is 569. The molecule has 0 saturated heterocycles. The molecular weight excluding hydrogens is 270 g/mol. The molecule has 1 aliphatic heterocycles. The topological polar surface area (TPSA) is 75.9 Å². The summed E-state index contributed by atoms with van der Waals surface area (Å²) in [5, 5.41) is 0. The van der Waals surface area contributed by atoms with Crippen LogP contribution in [0.5, 0.6) is 5.75 Å². The average Bonchev–Trinajstić information content (AvgIpc) is 2.40. The highest BCUT2D eigenvalue weighted by Crippen LogP contribution is 2.37. The molecule has 6 nitrogen and oxygen atoms in total. The number of fused-ring (bicyclic) bond motifs is 1. The molecule has 0 fully saturated rings. The van der Waals surface area contributed by atoms with Crippen molar-refractivity contribution in [1.29, 1.82) is 0 Å². The summed E-state index contributed by atoms with van der Waals surface area (Å²) >= 11 is 0. The van der Waals surface area contributed by atoms with Crippen LogP contribution in [0.3, 0.4) is 0 Å². The number of carbonyl (C=O) groups excluding carboxylic acids is 2. The number of nitrogens with zero attached hydrogens (tertiary/aromatic N) is 2. The number of nitrogens with two attached hydrogens (primary N) is 1. The van der Waals surface area contributed by atoms with Crippen molar-refractivity contribution in [3.8, 4) is 5.75 Å². The fourth-order valence-electron chi connectivity index (χ4n) is 2.17. The molecule has 114 valence electrons. The van der Waals surface area contributed by atoms with Gasteiger partial charge in [0.2, 0.25) is 5.91 Å². The summed E-state index contributed by atoms with van der Waals surface area (Å²) in [6.45, 7) is 3.81.